The van der Waals surface area contributed by atoms with Crippen molar-refractivity contribution in [3.63, 3.8) is 0 Å². The molecule has 0 aliphatic carbocycles. The molecule has 7 nitrogen and oxygen atoms in total. The van der Waals surface area contributed by atoms with Gasteiger partial charge in [-0.2, -0.15) is 0 Å². The zero-order valence-electron chi connectivity index (χ0n) is 17.9. The van der Waals surface area contributed by atoms with Crippen molar-refractivity contribution in [3.05, 3.63) is 47.5 Å². The van der Waals surface area contributed by atoms with E-state index in [0.29, 0.717) is 48.7 Å². The number of nitrogens with zero attached hydrogens (tertiary/aromatic N) is 1. The number of hydrogen-bond donors (Lipinski definition) is 1. The molecule has 0 saturated carbocycles. The first-order valence-corrected chi connectivity index (χ1v) is 9.94. The molecule has 0 aromatic heterocycles. The lowest BCUT2D eigenvalue weighted by molar-refractivity contribution is -0.121. The van der Waals surface area contributed by atoms with Crippen molar-refractivity contribution in [2.75, 3.05) is 39.7 Å². The van der Waals surface area contributed by atoms with Crippen LogP contribution in [0.3, 0.4) is 0 Å². The number of methoxy groups -OCH3 is 3. The van der Waals surface area contributed by atoms with E-state index < -0.39 is 0 Å². The summed E-state index contributed by atoms with van der Waals surface area (Å²) in [7, 11) is 4.56. The molecule has 2 aromatic carbocycles. The summed E-state index contributed by atoms with van der Waals surface area (Å²) in [4.78, 5) is 27.4. The van der Waals surface area contributed by atoms with Gasteiger partial charge in [0, 0.05) is 30.3 Å². The Morgan fingerprint density at radius 1 is 0.967 bits per heavy atom. The molecule has 0 unspecified atom stereocenters. The molecule has 3 rings (SSSR count). The van der Waals surface area contributed by atoms with E-state index in [4.69, 9.17) is 14.2 Å². The van der Waals surface area contributed by atoms with Crippen molar-refractivity contribution in [2.45, 2.75) is 19.8 Å². The van der Waals surface area contributed by atoms with E-state index in [1.165, 1.54) is 21.3 Å². The highest BCUT2D eigenvalue weighted by molar-refractivity contribution is 5.96. The highest BCUT2D eigenvalue weighted by atomic mass is 16.5. The minimum absolute atomic E-state index is 0.00387. The van der Waals surface area contributed by atoms with Gasteiger partial charge in [-0.1, -0.05) is 18.2 Å². The minimum atomic E-state index is -0.119. The van der Waals surface area contributed by atoms with Gasteiger partial charge in [0.05, 0.1) is 21.3 Å². The molecule has 2 amide bonds. The summed E-state index contributed by atoms with van der Waals surface area (Å²) in [5, 5.41) is 3.01. The molecule has 1 aliphatic rings. The summed E-state index contributed by atoms with van der Waals surface area (Å²) in [5.74, 6) is 1.09. The van der Waals surface area contributed by atoms with Crippen LogP contribution in [0.15, 0.2) is 36.4 Å². The van der Waals surface area contributed by atoms with Crippen molar-refractivity contribution in [3.8, 4) is 17.2 Å². The fourth-order valence-electron chi connectivity index (χ4n) is 3.68. The van der Waals surface area contributed by atoms with Gasteiger partial charge >= 0.3 is 0 Å². The van der Waals surface area contributed by atoms with Crippen molar-refractivity contribution >= 4 is 17.5 Å². The Balaban J connectivity index is 1.65. The van der Waals surface area contributed by atoms with Crippen molar-refractivity contribution in [1.29, 1.82) is 0 Å². The zero-order valence-corrected chi connectivity index (χ0v) is 17.9. The standard InChI is InChI=1S/C23H28N2O5/c1-15-7-5-6-8-18(15)24-22(26)16-9-11-25(12-10-16)23(27)17-13-19(28-2)21(30-4)20(14-17)29-3/h5-8,13-14,16H,9-12H2,1-4H3,(H,24,26). The molecule has 160 valence electrons. The summed E-state index contributed by atoms with van der Waals surface area (Å²) >= 11 is 0. The molecule has 1 fully saturated rings. The van der Waals surface area contributed by atoms with E-state index in [-0.39, 0.29) is 17.7 Å². The van der Waals surface area contributed by atoms with E-state index in [0.717, 1.165) is 11.3 Å². The fraction of sp³-hybridized carbons (Fsp3) is 0.391. The van der Waals surface area contributed by atoms with Crippen molar-refractivity contribution in [2.24, 2.45) is 5.92 Å². The van der Waals surface area contributed by atoms with E-state index in [1.54, 1.807) is 17.0 Å². The van der Waals surface area contributed by atoms with Crippen LogP contribution in [-0.2, 0) is 4.79 Å². The van der Waals surface area contributed by atoms with Crippen LogP contribution in [0.2, 0.25) is 0 Å². The van der Waals surface area contributed by atoms with Crippen LogP contribution >= 0.6 is 0 Å². The molecule has 30 heavy (non-hydrogen) atoms. The van der Waals surface area contributed by atoms with Crippen LogP contribution in [0.25, 0.3) is 0 Å². The molecular formula is C23H28N2O5. The van der Waals surface area contributed by atoms with Gasteiger partial charge in [0.15, 0.2) is 11.5 Å². The minimum Gasteiger partial charge on any atom is -0.493 e. The molecule has 7 heteroatoms. The average Bonchev–Trinajstić information content (AvgIpc) is 2.79. The van der Waals surface area contributed by atoms with Crippen molar-refractivity contribution < 1.29 is 23.8 Å². The SMILES string of the molecule is COc1cc(C(=O)N2CCC(C(=O)Nc3ccccc3C)CC2)cc(OC)c1OC. The smallest absolute Gasteiger partial charge is 0.254 e. The molecule has 2 aromatic rings. The third-order valence-corrected chi connectivity index (χ3v) is 5.47. The quantitative estimate of drug-likeness (QED) is 0.786. The lowest BCUT2D eigenvalue weighted by Gasteiger charge is -2.31. The Kier molecular flexibility index (Phi) is 6.82. The Labute approximate surface area is 176 Å². The second-order valence-electron chi connectivity index (χ2n) is 7.28. The molecule has 0 radical (unpaired) electrons. The predicted molar refractivity (Wildman–Crippen MR) is 115 cm³/mol. The first kappa shape index (κ1) is 21.5. The summed E-state index contributed by atoms with van der Waals surface area (Å²) in [6.45, 7) is 3.00. The number of aryl methyl sites for hydroxylation is 1. The Hall–Kier alpha value is -3.22. The van der Waals surface area contributed by atoms with Gasteiger partial charge in [-0.05, 0) is 43.5 Å². The first-order chi connectivity index (χ1) is 14.5. The molecular weight excluding hydrogens is 384 g/mol. The number of benzene rings is 2. The number of para-hydroxylation sites is 1. The number of carbonyl (C=O) groups is 2. The maximum Gasteiger partial charge on any atom is 0.254 e. The first-order valence-electron chi connectivity index (χ1n) is 9.94. The van der Waals surface area contributed by atoms with Crippen molar-refractivity contribution in [1.82, 2.24) is 4.90 Å². The van der Waals surface area contributed by atoms with Gasteiger partial charge in [-0.15, -0.1) is 0 Å². The zero-order chi connectivity index (χ0) is 21.7. The van der Waals surface area contributed by atoms with Crippen LogP contribution in [0.5, 0.6) is 17.2 Å². The van der Waals surface area contributed by atoms with Gasteiger partial charge in [-0.25, -0.2) is 0 Å². The maximum absolute atomic E-state index is 13.0. The van der Waals surface area contributed by atoms with Gasteiger partial charge in [-0.3, -0.25) is 9.59 Å². The number of ether oxygens (including phenoxy) is 3. The van der Waals surface area contributed by atoms with E-state index in [2.05, 4.69) is 5.32 Å². The Morgan fingerprint density at radius 3 is 2.10 bits per heavy atom. The number of hydrogen-bond acceptors (Lipinski definition) is 5. The Morgan fingerprint density at radius 2 is 1.57 bits per heavy atom. The largest absolute Gasteiger partial charge is 0.493 e. The van der Waals surface area contributed by atoms with Crippen LogP contribution in [0.4, 0.5) is 5.69 Å². The monoisotopic (exact) mass is 412 g/mol. The van der Waals surface area contributed by atoms with Crippen LogP contribution < -0.4 is 19.5 Å². The Bertz CT molecular complexity index is 895. The topological polar surface area (TPSA) is 77.1 Å². The molecule has 0 atom stereocenters. The number of nitrogens with one attached hydrogen (secondary N) is 1. The number of rotatable bonds is 6. The lowest BCUT2D eigenvalue weighted by atomic mass is 9.95. The van der Waals surface area contributed by atoms with Crippen LogP contribution in [0.1, 0.15) is 28.8 Å². The van der Waals surface area contributed by atoms with Gasteiger partial charge < -0.3 is 24.4 Å². The number of anilines is 1. The summed E-state index contributed by atoms with van der Waals surface area (Å²) in [5.41, 5.74) is 2.33. The second-order valence-corrected chi connectivity index (χ2v) is 7.28. The molecule has 0 bridgehead atoms. The van der Waals surface area contributed by atoms with E-state index in [1.807, 2.05) is 31.2 Å². The summed E-state index contributed by atoms with van der Waals surface area (Å²) in [6, 6.07) is 11.0. The number of amides is 2. The van der Waals surface area contributed by atoms with E-state index >= 15 is 0 Å². The third-order valence-electron chi connectivity index (χ3n) is 5.47. The lowest BCUT2D eigenvalue weighted by Crippen LogP contribution is -2.41. The van der Waals surface area contributed by atoms with Crippen LogP contribution in [-0.4, -0.2) is 51.1 Å². The maximum atomic E-state index is 13.0. The molecule has 1 aliphatic heterocycles. The van der Waals surface area contributed by atoms with E-state index in [9.17, 15) is 9.59 Å². The normalized spacial score (nSPS) is 14.2. The average molecular weight is 412 g/mol. The molecule has 1 N–H and O–H groups in total. The summed E-state index contributed by atoms with van der Waals surface area (Å²) in [6.07, 6.45) is 1.24. The van der Waals surface area contributed by atoms with Gasteiger partial charge in [0.2, 0.25) is 11.7 Å². The third kappa shape index (κ3) is 4.50. The van der Waals surface area contributed by atoms with Gasteiger partial charge in [0.1, 0.15) is 0 Å². The molecule has 1 saturated heterocycles. The summed E-state index contributed by atoms with van der Waals surface area (Å²) < 4.78 is 16.0. The number of piperidine rings is 1. The number of likely N-dealkylation sites (tertiary alicyclic amines) is 1. The highest BCUT2D eigenvalue weighted by Crippen LogP contribution is 2.38. The predicted octanol–water partition coefficient (Wildman–Crippen LogP) is 3.51. The number of carbonyl (C=O) groups excluding carboxylic acids is 2. The highest BCUT2D eigenvalue weighted by Gasteiger charge is 2.29. The van der Waals surface area contributed by atoms with Gasteiger partial charge in [0.25, 0.3) is 5.91 Å². The second kappa shape index (κ2) is 9.52. The molecule has 1 heterocycles. The molecule has 0 spiro atoms. The fourth-order valence-corrected chi connectivity index (χ4v) is 3.68. The van der Waals surface area contributed by atoms with Crippen LogP contribution in [0, 0.1) is 12.8 Å².